The van der Waals surface area contributed by atoms with Crippen molar-refractivity contribution in [2.45, 2.75) is 13.8 Å². The number of fused-ring (bicyclic) bond motifs is 1. The molecule has 2 aromatic carbocycles. The number of nitrogens with zero attached hydrogens (tertiary/aromatic N) is 4. The van der Waals surface area contributed by atoms with Crippen LogP contribution in [0.3, 0.4) is 0 Å². The fourth-order valence-electron chi connectivity index (χ4n) is 2.77. The molecular weight excluding hydrogens is 406 g/mol. The Morgan fingerprint density at radius 2 is 1.90 bits per heavy atom. The summed E-state index contributed by atoms with van der Waals surface area (Å²) in [5, 5.41) is 7.42. The molecule has 0 aliphatic carbocycles. The van der Waals surface area contributed by atoms with E-state index in [1.54, 1.807) is 42.6 Å². The van der Waals surface area contributed by atoms with E-state index < -0.39 is 5.91 Å². The molecule has 9 heteroatoms. The van der Waals surface area contributed by atoms with Gasteiger partial charge in [0.15, 0.2) is 5.75 Å². The second-order valence-electron chi connectivity index (χ2n) is 6.33. The Hall–Kier alpha value is -3.65. The molecule has 1 amide bonds. The molecule has 0 saturated heterocycles. The SMILES string of the molecule is CCOc1ccc(Oc2ccc(Cl)cc2NC(=O)c2nc3nccc(C)n3n2)cc1. The van der Waals surface area contributed by atoms with Gasteiger partial charge < -0.3 is 14.8 Å². The standard InChI is InChI=1S/C21H18ClN5O3/c1-3-29-15-5-7-16(8-6-15)30-18-9-4-14(22)12-17(18)24-20(28)19-25-21-23-11-10-13(2)27(21)26-19/h4-12H,3H2,1-2H3,(H,24,28). The zero-order valence-corrected chi connectivity index (χ0v) is 17.1. The maximum absolute atomic E-state index is 12.7. The number of carbonyl (C=O) groups is 1. The number of carbonyl (C=O) groups excluding carboxylic acids is 1. The van der Waals surface area contributed by atoms with Crippen molar-refractivity contribution in [2.24, 2.45) is 0 Å². The van der Waals surface area contributed by atoms with Crippen molar-refractivity contribution in [3.05, 3.63) is 71.3 Å². The van der Waals surface area contributed by atoms with Crippen LogP contribution in [-0.4, -0.2) is 32.1 Å². The summed E-state index contributed by atoms with van der Waals surface area (Å²) < 4.78 is 12.9. The third kappa shape index (κ3) is 4.18. The first-order valence-electron chi connectivity index (χ1n) is 9.23. The van der Waals surface area contributed by atoms with Gasteiger partial charge in [0.2, 0.25) is 5.82 Å². The highest BCUT2D eigenvalue weighted by Gasteiger charge is 2.17. The lowest BCUT2D eigenvalue weighted by atomic mass is 10.2. The molecule has 1 N–H and O–H groups in total. The van der Waals surface area contributed by atoms with Crippen LogP contribution < -0.4 is 14.8 Å². The summed E-state index contributed by atoms with van der Waals surface area (Å²) in [6, 6.07) is 13.9. The Morgan fingerprint density at radius 3 is 2.63 bits per heavy atom. The summed E-state index contributed by atoms with van der Waals surface area (Å²) in [6.45, 7) is 4.35. The number of aromatic nitrogens is 4. The second-order valence-corrected chi connectivity index (χ2v) is 6.77. The fourth-order valence-corrected chi connectivity index (χ4v) is 2.94. The van der Waals surface area contributed by atoms with Crippen LogP contribution in [0.1, 0.15) is 23.2 Å². The quantitative estimate of drug-likeness (QED) is 0.490. The van der Waals surface area contributed by atoms with Gasteiger partial charge >= 0.3 is 0 Å². The summed E-state index contributed by atoms with van der Waals surface area (Å²) in [5.41, 5.74) is 1.21. The smallest absolute Gasteiger partial charge is 0.295 e. The lowest BCUT2D eigenvalue weighted by Crippen LogP contribution is -2.14. The lowest BCUT2D eigenvalue weighted by molar-refractivity contribution is 0.101. The summed E-state index contributed by atoms with van der Waals surface area (Å²) in [5.74, 6) is 1.59. The first-order valence-corrected chi connectivity index (χ1v) is 9.61. The monoisotopic (exact) mass is 423 g/mol. The third-order valence-electron chi connectivity index (χ3n) is 4.19. The number of anilines is 1. The normalized spacial score (nSPS) is 10.8. The lowest BCUT2D eigenvalue weighted by Gasteiger charge is -2.12. The number of halogens is 1. The molecule has 0 fully saturated rings. The molecule has 0 radical (unpaired) electrons. The second kappa shape index (κ2) is 8.38. The van der Waals surface area contributed by atoms with Crippen LogP contribution >= 0.6 is 11.6 Å². The highest BCUT2D eigenvalue weighted by molar-refractivity contribution is 6.31. The van der Waals surface area contributed by atoms with E-state index >= 15 is 0 Å². The van der Waals surface area contributed by atoms with Gasteiger partial charge in [0.05, 0.1) is 12.3 Å². The average Bonchev–Trinajstić information content (AvgIpc) is 3.18. The predicted octanol–water partition coefficient (Wildman–Crippen LogP) is 4.53. The maximum atomic E-state index is 12.7. The van der Waals surface area contributed by atoms with Gasteiger partial charge in [-0.1, -0.05) is 11.6 Å². The van der Waals surface area contributed by atoms with Gasteiger partial charge in [0.25, 0.3) is 11.7 Å². The minimum Gasteiger partial charge on any atom is -0.494 e. The minimum absolute atomic E-state index is 0.0104. The number of hydrogen-bond acceptors (Lipinski definition) is 6. The van der Waals surface area contributed by atoms with E-state index in [4.69, 9.17) is 21.1 Å². The fraction of sp³-hybridized carbons (Fsp3) is 0.143. The number of rotatable bonds is 6. The topological polar surface area (TPSA) is 90.6 Å². The van der Waals surface area contributed by atoms with Gasteiger partial charge in [-0.25, -0.2) is 9.50 Å². The van der Waals surface area contributed by atoms with E-state index in [0.29, 0.717) is 34.6 Å². The molecule has 2 aromatic heterocycles. The van der Waals surface area contributed by atoms with Gasteiger partial charge in [-0.05, 0) is 62.4 Å². The van der Waals surface area contributed by atoms with Crippen LogP contribution in [0.15, 0.2) is 54.7 Å². The molecule has 0 unspecified atom stereocenters. The zero-order valence-electron chi connectivity index (χ0n) is 16.3. The van der Waals surface area contributed by atoms with Gasteiger partial charge in [-0.2, -0.15) is 4.98 Å². The van der Waals surface area contributed by atoms with Crippen molar-refractivity contribution < 1.29 is 14.3 Å². The molecule has 4 aromatic rings. The number of amides is 1. The summed E-state index contributed by atoms with van der Waals surface area (Å²) >= 11 is 6.12. The predicted molar refractivity (Wildman–Crippen MR) is 113 cm³/mol. The average molecular weight is 424 g/mol. The Balaban J connectivity index is 1.58. The molecule has 2 heterocycles. The van der Waals surface area contributed by atoms with Crippen LogP contribution in [0.2, 0.25) is 5.02 Å². The van der Waals surface area contributed by atoms with Crippen molar-refractivity contribution in [1.29, 1.82) is 0 Å². The van der Waals surface area contributed by atoms with Crippen LogP contribution in [0.5, 0.6) is 17.2 Å². The summed E-state index contributed by atoms with van der Waals surface area (Å²) in [4.78, 5) is 21.0. The molecule has 152 valence electrons. The maximum Gasteiger partial charge on any atom is 0.295 e. The molecule has 8 nitrogen and oxygen atoms in total. The number of hydrogen-bond donors (Lipinski definition) is 1. The van der Waals surface area contributed by atoms with Gasteiger partial charge in [0.1, 0.15) is 11.5 Å². The van der Waals surface area contributed by atoms with E-state index in [1.165, 1.54) is 4.52 Å². The Bertz CT molecular complexity index is 1210. The van der Waals surface area contributed by atoms with E-state index in [1.807, 2.05) is 26.0 Å². The van der Waals surface area contributed by atoms with Gasteiger partial charge in [0, 0.05) is 16.9 Å². The Morgan fingerprint density at radius 1 is 1.13 bits per heavy atom. The van der Waals surface area contributed by atoms with Crippen LogP contribution in [0.25, 0.3) is 5.78 Å². The molecular formula is C21H18ClN5O3. The highest BCUT2D eigenvalue weighted by atomic mass is 35.5. The van der Waals surface area contributed by atoms with Crippen molar-refractivity contribution >= 4 is 29.0 Å². The van der Waals surface area contributed by atoms with Crippen molar-refractivity contribution in [3.8, 4) is 17.2 Å². The van der Waals surface area contributed by atoms with Gasteiger partial charge in [-0.15, -0.1) is 5.10 Å². The molecule has 30 heavy (non-hydrogen) atoms. The van der Waals surface area contributed by atoms with E-state index in [9.17, 15) is 4.79 Å². The van der Waals surface area contributed by atoms with Crippen molar-refractivity contribution in [2.75, 3.05) is 11.9 Å². The van der Waals surface area contributed by atoms with E-state index in [-0.39, 0.29) is 5.82 Å². The largest absolute Gasteiger partial charge is 0.494 e. The van der Waals surface area contributed by atoms with E-state index in [0.717, 1.165) is 11.4 Å². The summed E-state index contributed by atoms with van der Waals surface area (Å²) in [6.07, 6.45) is 1.61. The van der Waals surface area contributed by atoms with Crippen molar-refractivity contribution in [1.82, 2.24) is 19.6 Å². The summed E-state index contributed by atoms with van der Waals surface area (Å²) in [7, 11) is 0. The highest BCUT2D eigenvalue weighted by Crippen LogP contribution is 2.33. The molecule has 4 rings (SSSR count). The van der Waals surface area contributed by atoms with E-state index in [2.05, 4.69) is 20.4 Å². The van der Waals surface area contributed by atoms with Crippen LogP contribution in [-0.2, 0) is 0 Å². The minimum atomic E-state index is -0.501. The first-order chi connectivity index (χ1) is 14.5. The molecule has 0 spiro atoms. The molecule has 0 aliphatic heterocycles. The zero-order chi connectivity index (χ0) is 21.1. The number of benzene rings is 2. The van der Waals surface area contributed by atoms with Crippen LogP contribution in [0.4, 0.5) is 5.69 Å². The third-order valence-corrected chi connectivity index (χ3v) is 4.42. The van der Waals surface area contributed by atoms with Crippen LogP contribution in [0, 0.1) is 6.92 Å². The number of aryl methyl sites for hydroxylation is 1. The molecule has 0 bridgehead atoms. The van der Waals surface area contributed by atoms with Crippen molar-refractivity contribution in [3.63, 3.8) is 0 Å². The molecule has 0 atom stereocenters. The molecule has 0 aliphatic rings. The van der Waals surface area contributed by atoms with Gasteiger partial charge in [-0.3, -0.25) is 4.79 Å². The Labute approximate surface area is 177 Å². The number of nitrogens with one attached hydrogen (secondary N) is 1. The number of ether oxygens (including phenoxy) is 2. The first kappa shape index (κ1) is 19.7. The molecule has 0 saturated carbocycles. The Kier molecular flexibility index (Phi) is 5.49.